The van der Waals surface area contributed by atoms with E-state index < -0.39 is 5.41 Å². The lowest BCUT2D eigenvalue weighted by molar-refractivity contribution is 0.794. The second kappa shape index (κ2) is 20.5. The van der Waals surface area contributed by atoms with Gasteiger partial charge in [0.25, 0.3) is 0 Å². The summed E-state index contributed by atoms with van der Waals surface area (Å²) >= 11 is 0. The number of para-hydroxylation sites is 2. The summed E-state index contributed by atoms with van der Waals surface area (Å²) in [6, 6.07) is 126. The molecule has 2 nitrogen and oxygen atoms in total. The topological polar surface area (TPSA) is 8.17 Å². The summed E-state index contributed by atoms with van der Waals surface area (Å²) in [6.45, 7) is 0. The van der Waals surface area contributed by atoms with E-state index in [2.05, 4.69) is 349 Å². The minimum atomic E-state index is -0.466. The van der Waals surface area contributed by atoms with Gasteiger partial charge in [0.2, 0.25) is 0 Å². The third-order valence-corrected chi connectivity index (χ3v) is 18.4. The molecule has 2 aliphatic rings. The molecule has 0 unspecified atom stereocenters. The smallest absolute Gasteiger partial charge is 0.0725 e. The third kappa shape index (κ3) is 8.10. The fraction of sp³-hybridized carbons (Fsp3) is 0.0118. The molecular weight excluding hydrogens is 1050 g/mol. The van der Waals surface area contributed by atoms with Gasteiger partial charge in [-0.15, -0.1) is 0 Å². The molecule has 2 heteroatoms. The zero-order chi connectivity index (χ0) is 57.4. The van der Waals surface area contributed by atoms with Crippen molar-refractivity contribution in [3.8, 4) is 94.7 Å². The Morgan fingerprint density at radius 2 is 0.609 bits per heavy atom. The number of benzene rings is 14. The number of hydrogen-bond acceptors (Lipinski definition) is 1. The van der Waals surface area contributed by atoms with Crippen LogP contribution in [0.1, 0.15) is 22.3 Å². The molecule has 0 saturated carbocycles. The van der Waals surface area contributed by atoms with E-state index in [1.165, 1.54) is 105 Å². The van der Waals surface area contributed by atoms with Crippen molar-refractivity contribution in [2.24, 2.45) is 0 Å². The van der Waals surface area contributed by atoms with Gasteiger partial charge in [0.1, 0.15) is 0 Å². The van der Waals surface area contributed by atoms with Crippen LogP contribution < -0.4 is 4.90 Å². The molecule has 0 atom stereocenters. The molecule has 0 saturated heterocycles. The molecule has 0 radical (unpaired) electrons. The van der Waals surface area contributed by atoms with Crippen LogP contribution in [-0.4, -0.2) is 4.57 Å². The molecule has 0 bridgehead atoms. The molecule has 15 aromatic rings. The Morgan fingerprint density at radius 1 is 0.230 bits per heavy atom. The molecule has 0 amide bonds. The van der Waals surface area contributed by atoms with E-state index in [1.807, 2.05) is 0 Å². The van der Waals surface area contributed by atoms with E-state index in [9.17, 15) is 0 Å². The van der Waals surface area contributed by atoms with Crippen molar-refractivity contribution in [3.05, 3.63) is 362 Å². The number of aromatic nitrogens is 1. The van der Waals surface area contributed by atoms with Crippen LogP contribution in [0.2, 0.25) is 0 Å². The van der Waals surface area contributed by atoms with Crippen LogP contribution >= 0.6 is 0 Å². The highest BCUT2D eigenvalue weighted by Crippen LogP contribution is 2.64. The molecule has 0 aliphatic heterocycles. The molecule has 1 aromatic heterocycles. The van der Waals surface area contributed by atoms with Crippen molar-refractivity contribution >= 4 is 38.9 Å². The Kier molecular flexibility index (Phi) is 11.8. The van der Waals surface area contributed by atoms with Gasteiger partial charge in [0, 0.05) is 33.5 Å². The van der Waals surface area contributed by atoms with E-state index in [0.29, 0.717) is 0 Å². The summed E-state index contributed by atoms with van der Waals surface area (Å²) in [7, 11) is 0. The maximum atomic E-state index is 2.46. The van der Waals surface area contributed by atoms with Gasteiger partial charge in [-0.3, -0.25) is 0 Å². The largest absolute Gasteiger partial charge is 0.310 e. The molecule has 17 rings (SSSR count). The predicted octanol–water partition coefficient (Wildman–Crippen LogP) is 22.6. The van der Waals surface area contributed by atoms with Crippen molar-refractivity contribution in [1.29, 1.82) is 0 Å². The Balaban J connectivity index is 0.878. The van der Waals surface area contributed by atoms with Gasteiger partial charge >= 0.3 is 0 Å². The lowest BCUT2D eigenvalue weighted by Crippen LogP contribution is -2.25. The zero-order valence-corrected chi connectivity index (χ0v) is 47.7. The van der Waals surface area contributed by atoms with Crippen molar-refractivity contribution in [3.63, 3.8) is 0 Å². The molecule has 0 fully saturated rings. The van der Waals surface area contributed by atoms with Gasteiger partial charge in [-0.25, -0.2) is 0 Å². The summed E-state index contributed by atoms with van der Waals surface area (Å²) in [5.74, 6) is 0. The molecule has 0 N–H and O–H groups in total. The second-order valence-electron chi connectivity index (χ2n) is 23.1. The monoisotopic (exact) mass is 1100 g/mol. The Labute approximate surface area is 507 Å². The highest BCUT2D eigenvalue weighted by atomic mass is 15.1. The van der Waals surface area contributed by atoms with Crippen molar-refractivity contribution in [1.82, 2.24) is 4.57 Å². The van der Waals surface area contributed by atoms with Gasteiger partial charge in [-0.05, 0) is 196 Å². The maximum Gasteiger partial charge on any atom is 0.0725 e. The maximum absolute atomic E-state index is 2.46. The molecule has 1 spiro atoms. The Bertz CT molecular complexity index is 5020. The SMILES string of the molecule is c1ccc(-c2ccc(N(c3ccc(-c4cc(-c5cccc6c5-c5ccccc5C65c6ccccc6-c6ccccc65)cc(-c5cccc6c5c5ccccc5n6-c5ccccc5)c4)cc3)c3cc(-c4ccccc4)cc(-c4ccccc4)c3)cc2)cc1. The van der Waals surface area contributed by atoms with Crippen LogP contribution in [0.5, 0.6) is 0 Å². The molecule has 1 heterocycles. The van der Waals surface area contributed by atoms with Crippen LogP contribution in [0.25, 0.3) is 117 Å². The predicted molar refractivity (Wildman–Crippen MR) is 364 cm³/mol. The molecule has 406 valence electrons. The van der Waals surface area contributed by atoms with E-state index in [-0.39, 0.29) is 0 Å². The molecule has 2 aliphatic carbocycles. The number of anilines is 3. The van der Waals surface area contributed by atoms with Crippen LogP contribution in [-0.2, 0) is 5.41 Å². The third-order valence-electron chi connectivity index (χ3n) is 18.4. The number of nitrogens with zero attached hydrogens (tertiary/aromatic N) is 2. The molecular formula is C85H56N2. The summed E-state index contributed by atoms with van der Waals surface area (Å²) in [6.07, 6.45) is 0. The lowest BCUT2D eigenvalue weighted by Gasteiger charge is -2.30. The summed E-state index contributed by atoms with van der Waals surface area (Å²) in [5.41, 5.74) is 30.8. The molecule has 14 aromatic carbocycles. The van der Waals surface area contributed by atoms with Gasteiger partial charge < -0.3 is 9.47 Å². The first-order valence-electron chi connectivity index (χ1n) is 30.1. The fourth-order valence-corrected chi connectivity index (χ4v) is 14.6. The summed E-state index contributed by atoms with van der Waals surface area (Å²) in [5, 5.41) is 2.46. The average molecular weight is 1110 g/mol. The Hall–Kier alpha value is -11.3. The van der Waals surface area contributed by atoms with E-state index in [1.54, 1.807) is 0 Å². The first-order valence-corrected chi connectivity index (χ1v) is 30.1. The van der Waals surface area contributed by atoms with Gasteiger partial charge in [-0.1, -0.05) is 255 Å². The zero-order valence-electron chi connectivity index (χ0n) is 47.7. The van der Waals surface area contributed by atoms with Crippen LogP contribution in [0.3, 0.4) is 0 Å². The van der Waals surface area contributed by atoms with Crippen molar-refractivity contribution < 1.29 is 0 Å². The minimum Gasteiger partial charge on any atom is -0.310 e. The van der Waals surface area contributed by atoms with Crippen LogP contribution in [0.15, 0.2) is 340 Å². The number of rotatable bonds is 10. The quantitative estimate of drug-likeness (QED) is 0.132. The van der Waals surface area contributed by atoms with E-state index in [4.69, 9.17) is 0 Å². The van der Waals surface area contributed by atoms with Crippen LogP contribution in [0, 0.1) is 0 Å². The van der Waals surface area contributed by atoms with Gasteiger partial charge in [0.15, 0.2) is 0 Å². The summed E-state index contributed by atoms with van der Waals surface area (Å²) < 4.78 is 2.43. The van der Waals surface area contributed by atoms with Crippen molar-refractivity contribution in [2.75, 3.05) is 4.90 Å². The average Bonchev–Trinajstić information content (AvgIpc) is 1.53. The van der Waals surface area contributed by atoms with Crippen LogP contribution in [0.4, 0.5) is 17.1 Å². The summed E-state index contributed by atoms with van der Waals surface area (Å²) in [4.78, 5) is 2.42. The standard InChI is InChI=1S/C85H56N2/c1-5-23-57(24-6-1)60-43-47-68(48-44-60)86(70-55-63(58-25-7-2-8-26-58)51-64(56-70)59-27-9-3-10-28-59)69-49-45-61(46-50-69)62-52-65(54-66(53-62)72-36-22-42-82-84(72)76-34-16-20-41-81(76)87(82)67-29-11-4-12-30-67)71-35-21-40-80-83(71)75-33-15-19-39-79(75)85(80)77-37-17-13-31-73(77)74-32-14-18-38-78(74)85/h1-56H. The molecule has 87 heavy (non-hydrogen) atoms. The second-order valence-corrected chi connectivity index (χ2v) is 23.1. The lowest BCUT2D eigenvalue weighted by atomic mass is 9.70. The van der Waals surface area contributed by atoms with Crippen molar-refractivity contribution in [2.45, 2.75) is 5.41 Å². The van der Waals surface area contributed by atoms with Gasteiger partial charge in [-0.2, -0.15) is 0 Å². The number of hydrogen-bond donors (Lipinski definition) is 0. The minimum absolute atomic E-state index is 0.466. The first-order chi connectivity index (χ1) is 43.2. The fourth-order valence-electron chi connectivity index (χ4n) is 14.6. The van der Waals surface area contributed by atoms with E-state index >= 15 is 0 Å². The normalized spacial score (nSPS) is 12.5. The highest BCUT2D eigenvalue weighted by molar-refractivity contribution is 6.16. The number of fused-ring (bicyclic) bond motifs is 13. The van der Waals surface area contributed by atoms with E-state index in [0.717, 1.165) is 50.6 Å². The highest BCUT2D eigenvalue weighted by Gasteiger charge is 2.52. The first kappa shape index (κ1) is 50.2. The van der Waals surface area contributed by atoms with Gasteiger partial charge in [0.05, 0.1) is 16.4 Å². The Morgan fingerprint density at radius 3 is 1.21 bits per heavy atom.